The number of nitrogens with two attached hydrogens (primary N) is 1. The fourth-order valence-electron chi connectivity index (χ4n) is 2.06. The van der Waals surface area contributed by atoms with Gasteiger partial charge in [-0.15, -0.1) is 0 Å². The van der Waals surface area contributed by atoms with Crippen LogP contribution in [-0.2, 0) is 10.0 Å². The topological polar surface area (TPSA) is 84.2 Å². The van der Waals surface area contributed by atoms with Crippen LogP contribution < -0.4 is 15.8 Å². The number of nitrogens with one attached hydrogen (secondary N) is 2. The molecule has 108 valence electrons. The molecule has 0 heterocycles. The van der Waals surface area contributed by atoms with Gasteiger partial charge in [0.05, 0.1) is 5.69 Å². The average molecular weight is 285 g/mol. The lowest BCUT2D eigenvalue weighted by atomic mass is 9.98. The molecule has 5 nitrogen and oxygen atoms in total. The van der Waals surface area contributed by atoms with Gasteiger partial charge in [0.25, 0.3) is 0 Å². The Balaban J connectivity index is 3.01. The molecule has 0 radical (unpaired) electrons. The second kappa shape index (κ2) is 5.79. The van der Waals surface area contributed by atoms with E-state index in [1.807, 2.05) is 0 Å². The van der Waals surface area contributed by atoms with Crippen LogP contribution in [0.4, 0.5) is 11.4 Å². The van der Waals surface area contributed by atoms with Crippen LogP contribution in [0.1, 0.15) is 33.6 Å². The average Bonchev–Trinajstić information content (AvgIpc) is 2.27. The molecule has 0 fully saturated rings. The molecule has 6 heteroatoms. The SMILES string of the molecule is CCCC(C)(C)Nc1ccc(S(=O)(=O)NC)c(N)c1. The largest absolute Gasteiger partial charge is 0.398 e. The van der Waals surface area contributed by atoms with Gasteiger partial charge in [0, 0.05) is 11.2 Å². The van der Waals surface area contributed by atoms with Crippen molar-refractivity contribution in [3.63, 3.8) is 0 Å². The lowest BCUT2D eigenvalue weighted by molar-refractivity contribution is 0.511. The molecule has 0 aliphatic rings. The van der Waals surface area contributed by atoms with Gasteiger partial charge in [-0.2, -0.15) is 0 Å². The number of sulfonamides is 1. The first kappa shape index (κ1) is 15.8. The number of benzene rings is 1. The van der Waals surface area contributed by atoms with E-state index in [0.717, 1.165) is 18.5 Å². The van der Waals surface area contributed by atoms with Crippen molar-refractivity contribution in [1.82, 2.24) is 4.72 Å². The molecule has 1 aromatic rings. The molecule has 1 aromatic carbocycles. The number of hydrogen-bond acceptors (Lipinski definition) is 4. The summed E-state index contributed by atoms with van der Waals surface area (Å²) in [6.45, 7) is 6.33. The Hall–Kier alpha value is -1.27. The quantitative estimate of drug-likeness (QED) is 0.699. The summed E-state index contributed by atoms with van der Waals surface area (Å²) in [7, 11) is -2.14. The summed E-state index contributed by atoms with van der Waals surface area (Å²) in [5, 5.41) is 3.36. The first-order valence-corrected chi connectivity index (χ1v) is 7.81. The molecule has 0 bridgehead atoms. The minimum atomic E-state index is -3.50. The van der Waals surface area contributed by atoms with Gasteiger partial charge in [-0.05, 0) is 45.5 Å². The molecular weight excluding hydrogens is 262 g/mol. The monoisotopic (exact) mass is 285 g/mol. The highest BCUT2D eigenvalue weighted by molar-refractivity contribution is 7.89. The Morgan fingerprint density at radius 3 is 2.42 bits per heavy atom. The summed E-state index contributed by atoms with van der Waals surface area (Å²) >= 11 is 0. The van der Waals surface area contributed by atoms with E-state index in [1.54, 1.807) is 12.1 Å². The van der Waals surface area contributed by atoms with Crippen molar-refractivity contribution in [3.8, 4) is 0 Å². The van der Waals surface area contributed by atoms with Crippen LogP contribution in [0, 0.1) is 0 Å². The second-order valence-corrected chi connectivity index (χ2v) is 7.07. The van der Waals surface area contributed by atoms with Crippen LogP contribution in [0.25, 0.3) is 0 Å². The van der Waals surface area contributed by atoms with E-state index in [2.05, 4.69) is 30.8 Å². The third kappa shape index (κ3) is 4.11. The van der Waals surface area contributed by atoms with E-state index >= 15 is 0 Å². The van der Waals surface area contributed by atoms with Gasteiger partial charge < -0.3 is 11.1 Å². The third-order valence-corrected chi connectivity index (χ3v) is 4.41. The zero-order valence-corrected chi connectivity index (χ0v) is 12.8. The van der Waals surface area contributed by atoms with Crippen molar-refractivity contribution in [2.45, 2.75) is 44.0 Å². The first-order chi connectivity index (χ1) is 8.72. The van der Waals surface area contributed by atoms with Gasteiger partial charge in [0.1, 0.15) is 4.90 Å². The predicted octanol–water partition coefficient (Wildman–Crippen LogP) is 2.17. The van der Waals surface area contributed by atoms with Crippen LogP contribution in [-0.4, -0.2) is 21.0 Å². The van der Waals surface area contributed by atoms with Crippen LogP contribution in [0.3, 0.4) is 0 Å². The van der Waals surface area contributed by atoms with Crippen LogP contribution in [0.15, 0.2) is 23.1 Å². The molecule has 0 saturated carbocycles. The molecule has 0 aromatic heterocycles. The van der Waals surface area contributed by atoms with E-state index in [4.69, 9.17) is 5.73 Å². The minimum Gasteiger partial charge on any atom is -0.398 e. The van der Waals surface area contributed by atoms with E-state index in [0.29, 0.717) is 0 Å². The van der Waals surface area contributed by atoms with E-state index in [-0.39, 0.29) is 16.1 Å². The van der Waals surface area contributed by atoms with Crippen molar-refractivity contribution in [2.75, 3.05) is 18.1 Å². The van der Waals surface area contributed by atoms with Crippen LogP contribution >= 0.6 is 0 Å². The predicted molar refractivity (Wildman–Crippen MR) is 79.7 cm³/mol. The summed E-state index contributed by atoms with van der Waals surface area (Å²) in [6, 6.07) is 4.91. The Morgan fingerprint density at radius 2 is 1.95 bits per heavy atom. The molecule has 0 aliphatic heterocycles. The number of nitrogen functional groups attached to an aromatic ring is 1. The number of hydrogen-bond donors (Lipinski definition) is 3. The maximum Gasteiger partial charge on any atom is 0.242 e. The summed E-state index contributed by atoms with van der Waals surface area (Å²) in [5.74, 6) is 0. The Kier molecular flexibility index (Phi) is 4.81. The first-order valence-electron chi connectivity index (χ1n) is 6.33. The Morgan fingerprint density at radius 1 is 1.32 bits per heavy atom. The van der Waals surface area contributed by atoms with Gasteiger partial charge >= 0.3 is 0 Å². The fraction of sp³-hybridized carbons (Fsp3) is 0.538. The summed E-state index contributed by atoms with van der Waals surface area (Å²) in [5.41, 5.74) is 6.83. The van der Waals surface area contributed by atoms with Crippen molar-refractivity contribution in [3.05, 3.63) is 18.2 Å². The van der Waals surface area contributed by atoms with Gasteiger partial charge in [-0.1, -0.05) is 13.3 Å². The molecule has 0 unspecified atom stereocenters. The summed E-state index contributed by atoms with van der Waals surface area (Å²) in [6.07, 6.45) is 2.09. The fourth-order valence-corrected chi connectivity index (χ4v) is 2.90. The highest BCUT2D eigenvalue weighted by Gasteiger charge is 2.19. The van der Waals surface area contributed by atoms with Crippen molar-refractivity contribution in [1.29, 1.82) is 0 Å². The number of rotatable bonds is 6. The molecule has 0 atom stereocenters. The standard InChI is InChI=1S/C13H23N3O2S/c1-5-8-13(2,3)16-10-6-7-12(11(14)9-10)19(17,18)15-4/h6-7,9,15-16H,5,8,14H2,1-4H3. The van der Waals surface area contributed by atoms with Gasteiger partial charge in [-0.25, -0.2) is 13.1 Å². The molecule has 0 amide bonds. The smallest absolute Gasteiger partial charge is 0.242 e. The molecular formula is C13H23N3O2S. The highest BCUT2D eigenvalue weighted by atomic mass is 32.2. The van der Waals surface area contributed by atoms with Crippen LogP contribution in [0.5, 0.6) is 0 Å². The second-order valence-electron chi connectivity index (χ2n) is 5.22. The van der Waals surface area contributed by atoms with Gasteiger partial charge in [0.15, 0.2) is 0 Å². The maximum absolute atomic E-state index is 11.7. The zero-order valence-electron chi connectivity index (χ0n) is 11.9. The third-order valence-electron chi connectivity index (χ3n) is 2.93. The van der Waals surface area contributed by atoms with E-state index < -0.39 is 10.0 Å². The lowest BCUT2D eigenvalue weighted by Crippen LogP contribution is -2.30. The zero-order chi connectivity index (χ0) is 14.7. The van der Waals surface area contributed by atoms with Crippen molar-refractivity contribution in [2.24, 2.45) is 0 Å². The maximum atomic E-state index is 11.7. The van der Waals surface area contributed by atoms with Crippen molar-refractivity contribution >= 4 is 21.4 Å². The summed E-state index contributed by atoms with van der Waals surface area (Å²) < 4.78 is 25.7. The lowest BCUT2D eigenvalue weighted by Gasteiger charge is -2.27. The van der Waals surface area contributed by atoms with E-state index in [9.17, 15) is 8.42 Å². The van der Waals surface area contributed by atoms with E-state index in [1.165, 1.54) is 13.1 Å². The minimum absolute atomic E-state index is 0.0510. The Bertz CT molecular complexity index is 539. The van der Waals surface area contributed by atoms with Crippen molar-refractivity contribution < 1.29 is 8.42 Å². The number of anilines is 2. The molecule has 0 aliphatic carbocycles. The molecule has 19 heavy (non-hydrogen) atoms. The molecule has 1 rings (SSSR count). The van der Waals surface area contributed by atoms with Gasteiger partial charge in [0.2, 0.25) is 10.0 Å². The summed E-state index contributed by atoms with van der Waals surface area (Å²) in [4.78, 5) is 0.105. The van der Waals surface area contributed by atoms with Crippen LogP contribution in [0.2, 0.25) is 0 Å². The molecule has 0 saturated heterocycles. The molecule has 4 N–H and O–H groups in total. The highest BCUT2D eigenvalue weighted by Crippen LogP contribution is 2.25. The molecule has 0 spiro atoms. The van der Waals surface area contributed by atoms with Gasteiger partial charge in [-0.3, -0.25) is 0 Å². The Labute approximate surface area is 115 Å². The normalized spacial score (nSPS) is 12.4.